The molecule has 0 amide bonds. The monoisotopic (exact) mass is 757 g/mol. The molecule has 9 heteroatoms. The summed E-state index contributed by atoms with van der Waals surface area (Å²) in [6.45, 7) is 3.66. The molecule has 0 aliphatic carbocycles. The molecule has 0 saturated heterocycles. The van der Waals surface area contributed by atoms with Crippen LogP contribution in [0.4, 0.5) is 0 Å². The number of ether oxygens (including phenoxy) is 2. The highest BCUT2D eigenvalue weighted by atomic mass is 31.2. The van der Waals surface area contributed by atoms with Gasteiger partial charge in [0.2, 0.25) is 0 Å². The summed E-state index contributed by atoms with van der Waals surface area (Å²) in [7, 11) is -4.75. The predicted molar refractivity (Wildman–Crippen MR) is 216 cm³/mol. The average molecular weight is 757 g/mol. The Balaban J connectivity index is 3.87. The maximum absolute atomic E-state index is 12.3. The number of phosphoric acid groups is 1. The van der Waals surface area contributed by atoms with Gasteiger partial charge in [0.05, 0.1) is 6.61 Å². The molecule has 0 unspecified atom stereocenters. The maximum Gasteiger partial charge on any atom is 0.469 e. The molecule has 0 aromatic heterocycles. The Hall–Kier alpha value is -1.47. The molecule has 0 saturated carbocycles. The van der Waals surface area contributed by atoms with Gasteiger partial charge in [-0.15, -0.1) is 0 Å². The van der Waals surface area contributed by atoms with Crippen LogP contribution in [0.2, 0.25) is 0 Å². The quantitative estimate of drug-likeness (QED) is 0.0274. The van der Waals surface area contributed by atoms with Gasteiger partial charge in [0.1, 0.15) is 6.61 Å². The minimum Gasteiger partial charge on any atom is -0.462 e. The van der Waals surface area contributed by atoms with E-state index in [1.807, 2.05) is 0 Å². The predicted octanol–water partition coefficient (Wildman–Crippen LogP) is 13.2. The molecule has 306 valence electrons. The summed E-state index contributed by atoms with van der Waals surface area (Å²) in [5.41, 5.74) is 0. The lowest BCUT2D eigenvalue weighted by Gasteiger charge is -2.18. The van der Waals surface area contributed by atoms with Crippen LogP contribution >= 0.6 is 7.82 Å². The molecule has 0 radical (unpaired) electrons. The van der Waals surface area contributed by atoms with E-state index in [9.17, 15) is 14.2 Å². The fourth-order valence-electron chi connectivity index (χ4n) is 6.22. The largest absolute Gasteiger partial charge is 0.469 e. The summed E-state index contributed by atoms with van der Waals surface area (Å²) in [6.07, 6.45) is 45.0. The third-order valence-electron chi connectivity index (χ3n) is 9.45. The highest BCUT2D eigenvalue weighted by molar-refractivity contribution is 7.46. The fourth-order valence-corrected chi connectivity index (χ4v) is 6.58. The molecule has 0 aromatic rings. The highest BCUT2D eigenvalue weighted by Crippen LogP contribution is 2.36. The maximum atomic E-state index is 12.3. The van der Waals surface area contributed by atoms with Crippen LogP contribution in [0.15, 0.2) is 24.3 Å². The molecule has 8 nitrogen and oxygen atoms in total. The van der Waals surface area contributed by atoms with E-state index < -0.39 is 32.5 Å². The lowest BCUT2D eigenvalue weighted by Crippen LogP contribution is -2.29. The van der Waals surface area contributed by atoms with E-state index in [4.69, 9.17) is 19.3 Å². The van der Waals surface area contributed by atoms with Crippen LogP contribution < -0.4 is 0 Å². The van der Waals surface area contributed by atoms with Crippen molar-refractivity contribution in [3.05, 3.63) is 24.3 Å². The molecular weight excluding hydrogens is 675 g/mol. The molecule has 0 aliphatic rings. The zero-order valence-electron chi connectivity index (χ0n) is 33.7. The first-order valence-electron chi connectivity index (χ1n) is 21.6. The molecule has 0 spiro atoms. The summed E-state index contributed by atoms with van der Waals surface area (Å²) >= 11 is 0. The number of hydrogen-bond donors (Lipinski definition) is 2. The van der Waals surface area contributed by atoms with Crippen LogP contribution in [0.3, 0.4) is 0 Å². The first-order valence-corrected chi connectivity index (χ1v) is 23.2. The minimum absolute atomic E-state index is 0.207. The summed E-state index contributed by atoms with van der Waals surface area (Å²) in [4.78, 5) is 42.7. The van der Waals surface area contributed by atoms with E-state index in [1.54, 1.807) is 0 Å². The van der Waals surface area contributed by atoms with Crippen molar-refractivity contribution in [3.8, 4) is 0 Å². The molecule has 0 fully saturated rings. The molecule has 0 rings (SSSR count). The van der Waals surface area contributed by atoms with Crippen LogP contribution in [-0.2, 0) is 28.2 Å². The van der Waals surface area contributed by atoms with Crippen molar-refractivity contribution < 1.29 is 37.9 Å². The van der Waals surface area contributed by atoms with Crippen molar-refractivity contribution in [2.24, 2.45) is 0 Å². The van der Waals surface area contributed by atoms with Crippen LogP contribution in [0.25, 0.3) is 0 Å². The second kappa shape index (κ2) is 39.2. The summed E-state index contributed by atoms with van der Waals surface area (Å²) in [5, 5.41) is 0. The van der Waals surface area contributed by atoms with Crippen LogP contribution in [-0.4, -0.2) is 41.0 Å². The number of carbonyl (C=O) groups is 2. The second-order valence-electron chi connectivity index (χ2n) is 14.7. The van der Waals surface area contributed by atoms with Gasteiger partial charge in [0.15, 0.2) is 6.10 Å². The van der Waals surface area contributed by atoms with Gasteiger partial charge < -0.3 is 19.3 Å². The molecule has 0 bridgehead atoms. The van der Waals surface area contributed by atoms with Gasteiger partial charge >= 0.3 is 19.8 Å². The van der Waals surface area contributed by atoms with Gasteiger partial charge in [-0.1, -0.05) is 186 Å². The number of carbonyl (C=O) groups excluding carboxylic acids is 2. The van der Waals surface area contributed by atoms with Crippen molar-refractivity contribution in [2.75, 3.05) is 13.2 Å². The first kappa shape index (κ1) is 50.5. The molecule has 1 atom stereocenters. The standard InChI is InChI=1S/C43H81O8P/c1-3-5-7-9-11-13-15-16-17-18-19-20-21-22-23-24-25-26-28-29-31-33-35-37-42(44)49-39-41(40-50-52(46,47)48)51-43(45)38-36-34-32-30-27-14-12-10-8-6-4-2/h24-25,29,31,41H,3-23,26-28,30,32-40H2,1-2H3,(H2,46,47,48)/b25-24+,31-29+/t41-/m1/s1. The van der Waals surface area contributed by atoms with E-state index in [0.717, 1.165) is 44.9 Å². The van der Waals surface area contributed by atoms with Gasteiger partial charge in [-0.25, -0.2) is 4.57 Å². The number of unbranched alkanes of at least 4 members (excludes halogenated alkanes) is 26. The molecule has 0 aromatic carbocycles. The molecule has 52 heavy (non-hydrogen) atoms. The van der Waals surface area contributed by atoms with E-state index >= 15 is 0 Å². The number of rotatable bonds is 40. The van der Waals surface area contributed by atoms with E-state index in [2.05, 4.69) is 42.7 Å². The lowest BCUT2D eigenvalue weighted by molar-refractivity contribution is -0.161. The molecule has 0 heterocycles. The van der Waals surface area contributed by atoms with Crippen molar-refractivity contribution in [1.29, 1.82) is 0 Å². The van der Waals surface area contributed by atoms with Crippen LogP contribution in [0.1, 0.15) is 219 Å². The number of allylic oxidation sites excluding steroid dienone is 4. The van der Waals surface area contributed by atoms with Gasteiger partial charge in [-0.3, -0.25) is 14.1 Å². The van der Waals surface area contributed by atoms with Crippen molar-refractivity contribution in [1.82, 2.24) is 0 Å². The van der Waals surface area contributed by atoms with Gasteiger partial charge in [0, 0.05) is 12.8 Å². The summed E-state index contributed by atoms with van der Waals surface area (Å²) in [5.74, 6) is -0.927. The molecular formula is C43H81O8P. The van der Waals surface area contributed by atoms with Gasteiger partial charge in [0.25, 0.3) is 0 Å². The highest BCUT2D eigenvalue weighted by Gasteiger charge is 2.22. The SMILES string of the molecule is CCCCCCCCCCCCCCCC/C=C/CC/C=C/CCCC(=O)OC[C@H](COP(=O)(O)O)OC(=O)CCCCCCCCCCCCC. The Labute approximate surface area is 319 Å². The average Bonchev–Trinajstić information content (AvgIpc) is 3.11. The number of phosphoric ester groups is 1. The number of hydrogen-bond acceptors (Lipinski definition) is 6. The summed E-state index contributed by atoms with van der Waals surface area (Å²) in [6, 6.07) is 0. The third kappa shape index (κ3) is 41.3. The second-order valence-corrected chi connectivity index (χ2v) is 15.9. The van der Waals surface area contributed by atoms with Crippen molar-refractivity contribution >= 4 is 19.8 Å². The Morgan fingerprint density at radius 1 is 0.481 bits per heavy atom. The Morgan fingerprint density at radius 3 is 1.29 bits per heavy atom. The normalized spacial score (nSPS) is 12.6. The van der Waals surface area contributed by atoms with Crippen LogP contribution in [0, 0.1) is 0 Å². The third-order valence-corrected chi connectivity index (χ3v) is 9.94. The van der Waals surface area contributed by atoms with Crippen LogP contribution in [0.5, 0.6) is 0 Å². The molecule has 0 aliphatic heterocycles. The van der Waals surface area contributed by atoms with Gasteiger partial charge in [-0.2, -0.15) is 0 Å². The Bertz CT molecular complexity index is 900. The smallest absolute Gasteiger partial charge is 0.462 e. The fraction of sp³-hybridized carbons (Fsp3) is 0.860. The zero-order chi connectivity index (χ0) is 38.2. The topological polar surface area (TPSA) is 119 Å². The van der Waals surface area contributed by atoms with E-state index in [-0.39, 0.29) is 19.4 Å². The first-order chi connectivity index (χ1) is 25.3. The Morgan fingerprint density at radius 2 is 0.846 bits per heavy atom. The Kier molecular flexibility index (Phi) is 38.1. The minimum atomic E-state index is -4.75. The summed E-state index contributed by atoms with van der Waals surface area (Å²) < 4.78 is 26.3. The van der Waals surface area contributed by atoms with E-state index in [0.29, 0.717) is 12.8 Å². The van der Waals surface area contributed by atoms with Crippen molar-refractivity contribution in [2.45, 2.75) is 225 Å². The lowest BCUT2D eigenvalue weighted by atomic mass is 10.0. The number of esters is 2. The van der Waals surface area contributed by atoms with E-state index in [1.165, 1.54) is 135 Å². The van der Waals surface area contributed by atoms with Gasteiger partial charge in [-0.05, 0) is 44.9 Å². The van der Waals surface area contributed by atoms with Crippen molar-refractivity contribution in [3.63, 3.8) is 0 Å². The molecule has 2 N–H and O–H groups in total. The zero-order valence-corrected chi connectivity index (χ0v) is 34.6.